The molecule has 0 bridgehead atoms. The lowest BCUT2D eigenvalue weighted by Crippen LogP contribution is -2.10. The van der Waals surface area contributed by atoms with Gasteiger partial charge in [0.25, 0.3) is 0 Å². The minimum Gasteiger partial charge on any atom is -0.382 e. The maximum atomic E-state index is 11.3. The van der Waals surface area contributed by atoms with Gasteiger partial charge in [0.15, 0.2) is 0 Å². The summed E-state index contributed by atoms with van der Waals surface area (Å²) < 4.78 is 0. The molecule has 2 N–H and O–H groups in total. The summed E-state index contributed by atoms with van der Waals surface area (Å²) in [5.74, 6) is 0.0258. The number of carbonyl (C=O) groups excluding carboxylic acids is 1. The number of nitrogens with one attached hydrogen (secondary N) is 2. The van der Waals surface area contributed by atoms with Crippen LogP contribution >= 0.6 is 11.6 Å². The van der Waals surface area contributed by atoms with E-state index in [1.54, 1.807) is 0 Å². The predicted molar refractivity (Wildman–Crippen MR) is 57.9 cm³/mol. The van der Waals surface area contributed by atoms with Crippen LogP contribution in [0.1, 0.15) is 12.0 Å². The van der Waals surface area contributed by atoms with Crippen molar-refractivity contribution in [3.05, 3.63) is 22.7 Å². The smallest absolute Gasteiger partial charge is 0.226 e. The molecule has 1 aromatic rings. The van der Waals surface area contributed by atoms with Gasteiger partial charge in [-0.15, -0.1) is 0 Å². The van der Waals surface area contributed by atoms with Crippen LogP contribution in [0.15, 0.2) is 12.1 Å². The topological polar surface area (TPSA) is 41.1 Å². The number of carbonyl (C=O) groups is 1. The second-order valence-corrected chi connectivity index (χ2v) is 3.80. The number of hydrogen-bond donors (Lipinski definition) is 2. The van der Waals surface area contributed by atoms with Crippen LogP contribution in [0.2, 0.25) is 5.02 Å². The maximum Gasteiger partial charge on any atom is 0.226 e. The molecule has 0 aliphatic carbocycles. The summed E-state index contributed by atoms with van der Waals surface area (Å²) in [7, 11) is 0. The van der Waals surface area contributed by atoms with Gasteiger partial charge in [0.1, 0.15) is 0 Å². The van der Waals surface area contributed by atoms with Crippen molar-refractivity contribution >= 4 is 28.9 Å². The number of anilines is 2. The summed E-state index contributed by atoms with van der Waals surface area (Å²) in [5.41, 5.74) is 2.64. The van der Waals surface area contributed by atoms with E-state index < -0.39 is 0 Å². The third-order valence-corrected chi connectivity index (χ3v) is 2.46. The van der Waals surface area contributed by atoms with E-state index in [0.29, 0.717) is 18.0 Å². The van der Waals surface area contributed by atoms with Crippen LogP contribution in [-0.2, 0) is 4.79 Å². The summed E-state index contributed by atoms with van der Waals surface area (Å²) >= 11 is 6.05. The van der Waals surface area contributed by atoms with Crippen LogP contribution in [0.5, 0.6) is 0 Å². The maximum absolute atomic E-state index is 11.3. The number of aryl methyl sites for hydroxylation is 1. The molecule has 0 fully saturated rings. The van der Waals surface area contributed by atoms with E-state index in [1.807, 2.05) is 19.1 Å². The fourth-order valence-electron chi connectivity index (χ4n) is 1.53. The third-order valence-electron chi connectivity index (χ3n) is 2.16. The fourth-order valence-corrected chi connectivity index (χ4v) is 1.87. The number of hydrogen-bond acceptors (Lipinski definition) is 2. The lowest BCUT2D eigenvalue weighted by Gasteiger charge is -2.10. The number of benzene rings is 1. The molecular weight excluding hydrogens is 200 g/mol. The van der Waals surface area contributed by atoms with Gasteiger partial charge < -0.3 is 10.6 Å². The minimum atomic E-state index is 0.0258. The SMILES string of the molecule is Cc1cc(Cl)c2c(c1)NC(=O)CCN2. The van der Waals surface area contributed by atoms with Gasteiger partial charge in [0.2, 0.25) is 5.91 Å². The molecule has 1 aromatic carbocycles. The zero-order chi connectivity index (χ0) is 10.1. The van der Waals surface area contributed by atoms with E-state index in [1.165, 1.54) is 0 Å². The summed E-state index contributed by atoms with van der Waals surface area (Å²) in [6.07, 6.45) is 0.476. The van der Waals surface area contributed by atoms with Gasteiger partial charge in [-0.05, 0) is 24.6 Å². The molecule has 0 saturated carbocycles. The van der Waals surface area contributed by atoms with Crippen LogP contribution in [0.3, 0.4) is 0 Å². The molecular formula is C10H11ClN2O. The van der Waals surface area contributed by atoms with E-state index in [2.05, 4.69) is 10.6 Å². The van der Waals surface area contributed by atoms with Gasteiger partial charge in [-0.3, -0.25) is 4.79 Å². The summed E-state index contributed by atoms with van der Waals surface area (Å²) in [6, 6.07) is 3.79. The minimum absolute atomic E-state index is 0.0258. The molecule has 1 aliphatic rings. The molecule has 0 radical (unpaired) electrons. The Morgan fingerprint density at radius 3 is 3.00 bits per heavy atom. The van der Waals surface area contributed by atoms with Crippen LogP contribution < -0.4 is 10.6 Å². The number of halogens is 1. The number of amides is 1. The highest BCUT2D eigenvalue weighted by molar-refractivity contribution is 6.34. The average molecular weight is 211 g/mol. The van der Waals surface area contributed by atoms with E-state index in [-0.39, 0.29) is 5.91 Å². The van der Waals surface area contributed by atoms with E-state index in [4.69, 9.17) is 11.6 Å². The monoisotopic (exact) mass is 210 g/mol. The van der Waals surface area contributed by atoms with Crippen molar-refractivity contribution in [3.63, 3.8) is 0 Å². The van der Waals surface area contributed by atoms with Crippen molar-refractivity contribution in [2.75, 3.05) is 17.2 Å². The third kappa shape index (κ3) is 1.68. The first-order valence-corrected chi connectivity index (χ1v) is 4.88. The lowest BCUT2D eigenvalue weighted by atomic mass is 10.2. The van der Waals surface area contributed by atoms with Crippen LogP contribution in [0.25, 0.3) is 0 Å². The molecule has 4 heteroatoms. The van der Waals surface area contributed by atoms with Gasteiger partial charge in [0.05, 0.1) is 16.4 Å². The highest BCUT2D eigenvalue weighted by atomic mass is 35.5. The fraction of sp³-hybridized carbons (Fsp3) is 0.300. The van der Waals surface area contributed by atoms with Crippen molar-refractivity contribution in [1.29, 1.82) is 0 Å². The van der Waals surface area contributed by atoms with Gasteiger partial charge in [0, 0.05) is 13.0 Å². The molecule has 74 valence electrons. The van der Waals surface area contributed by atoms with Crippen LogP contribution in [0, 0.1) is 6.92 Å². The molecule has 2 rings (SSSR count). The molecule has 1 heterocycles. The molecule has 14 heavy (non-hydrogen) atoms. The van der Waals surface area contributed by atoms with Gasteiger partial charge in [-0.2, -0.15) is 0 Å². The van der Waals surface area contributed by atoms with Gasteiger partial charge in [-0.25, -0.2) is 0 Å². The van der Waals surface area contributed by atoms with Crippen LogP contribution in [-0.4, -0.2) is 12.5 Å². The Hall–Kier alpha value is -1.22. The summed E-state index contributed by atoms with van der Waals surface area (Å²) in [6.45, 7) is 2.57. The Labute approximate surface area is 87.4 Å². The van der Waals surface area contributed by atoms with E-state index in [9.17, 15) is 4.79 Å². The Morgan fingerprint density at radius 2 is 2.21 bits per heavy atom. The first-order chi connectivity index (χ1) is 6.66. The standard InChI is InChI=1S/C10H11ClN2O/c1-6-4-7(11)10-8(5-6)13-9(14)2-3-12-10/h4-5,12H,2-3H2,1H3,(H,13,14). The number of fused-ring (bicyclic) bond motifs is 1. The second-order valence-electron chi connectivity index (χ2n) is 3.39. The first kappa shape index (κ1) is 9.34. The van der Waals surface area contributed by atoms with Gasteiger partial charge >= 0.3 is 0 Å². The molecule has 0 saturated heterocycles. The number of rotatable bonds is 0. The van der Waals surface area contributed by atoms with Crippen molar-refractivity contribution in [3.8, 4) is 0 Å². The zero-order valence-electron chi connectivity index (χ0n) is 7.86. The van der Waals surface area contributed by atoms with E-state index >= 15 is 0 Å². The van der Waals surface area contributed by atoms with E-state index in [0.717, 1.165) is 16.9 Å². The molecule has 0 spiro atoms. The predicted octanol–water partition coefficient (Wildman–Crippen LogP) is 2.40. The Bertz CT molecular complexity index is 390. The summed E-state index contributed by atoms with van der Waals surface area (Å²) in [5, 5.41) is 6.61. The first-order valence-electron chi connectivity index (χ1n) is 4.50. The van der Waals surface area contributed by atoms with Crippen molar-refractivity contribution in [2.45, 2.75) is 13.3 Å². The van der Waals surface area contributed by atoms with Crippen molar-refractivity contribution in [2.24, 2.45) is 0 Å². The molecule has 0 unspecified atom stereocenters. The normalized spacial score (nSPS) is 15.1. The molecule has 3 nitrogen and oxygen atoms in total. The van der Waals surface area contributed by atoms with Gasteiger partial charge in [-0.1, -0.05) is 11.6 Å². The second kappa shape index (κ2) is 3.50. The highest BCUT2D eigenvalue weighted by Crippen LogP contribution is 2.33. The average Bonchev–Trinajstić information content (AvgIpc) is 2.25. The van der Waals surface area contributed by atoms with Crippen molar-refractivity contribution in [1.82, 2.24) is 0 Å². The zero-order valence-corrected chi connectivity index (χ0v) is 8.61. The lowest BCUT2D eigenvalue weighted by molar-refractivity contribution is -0.115. The van der Waals surface area contributed by atoms with Crippen LogP contribution in [0.4, 0.5) is 11.4 Å². The molecule has 0 atom stereocenters. The van der Waals surface area contributed by atoms with Crippen molar-refractivity contribution < 1.29 is 4.79 Å². The largest absolute Gasteiger partial charge is 0.382 e. The Balaban J connectivity index is 2.50. The Kier molecular flexibility index (Phi) is 2.33. The highest BCUT2D eigenvalue weighted by Gasteiger charge is 2.14. The molecule has 0 aromatic heterocycles. The molecule has 1 amide bonds. The molecule has 1 aliphatic heterocycles. The quantitative estimate of drug-likeness (QED) is 0.691. The summed E-state index contributed by atoms with van der Waals surface area (Å²) in [4.78, 5) is 11.3. The Morgan fingerprint density at radius 1 is 1.43 bits per heavy atom.